The monoisotopic (exact) mass is 600 g/mol. The maximum absolute atomic E-state index is 13.3. The van der Waals surface area contributed by atoms with Crippen LogP contribution < -0.4 is 14.4 Å². The zero-order chi connectivity index (χ0) is 29.0. The van der Waals surface area contributed by atoms with Crippen LogP contribution in [0.4, 0.5) is 5.69 Å². The minimum absolute atomic E-state index is 0.170. The Labute approximate surface area is 248 Å². The molecule has 4 aliphatic rings. The van der Waals surface area contributed by atoms with E-state index in [9.17, 15) is 18.3 Å². The Morgan fingerprint density at radius 2 is 1.90 bits per heavy atom. The number of sulfonamides is 1. The fourth-order valence-corrected chi connectivity index (χ4v) is 8.94. The molecule has 0 radical (unpaired) electrons. The number of carbonyl (C=O) groups excluding carboxylic acids is 1. The molecule has 0 unspecified atom stereocenters. The molecule has 2 bridgehead atoms. The highest BCUT2D eigenvalue weighted by molar-refractivity contribution is 7.90. The molecule has 222 valence electrons. The second kappa shape index (κ2) is 10.8. The van der Waals surface area contributed by atoms with Crippen molar-refractivity contribution in [2.45, 2.75) is 87.9 Å². The summed E-state index contributed by atoms with van der Waals surface area (Å²) in [6.07, 6.45) is 7.51. The minimum atomic E-state index is -3.84. The molecule has 1 amide bonds. The molecule has 2 aliphatic carbocycles. The van der Waals surface area contributed by atoms with Crippen molar-refractivity contribution in [3.8, 4) is 5.75 Å². The van der Waals surface area contributed by atoms with Gasteiger partial charge >= 0.3 is 0 Å². The van der Waals surface area contributed by atoms with E-state index in [-0.39, 0.29) is 11.3 Å². The number of nitrogens with zero attached hydrogens (tertiary/aromatic N) is 1. The van der Waals surface area contributed by atoms with Gasteiger partial charge < -0.3 is 14.7 Å². The summed E-state index contributed by atoms with van der Waals surface area (Å²) in [5, 5.41) is 11.6. The Balaban J connectivity index is 1.42. The summed E-state index contributed by atoms with van der Waals surface area (Å²) >= 11 is 6.39. The van der Waals surface area contributed by atoms with Crippen LogP contribution in [0.1, 0.15) is 86.7 Å². The van der Waals surface area contributed by atoms with Gasteiger partial charge in [-0.05, 0) is 112 Å². The highest BCUT2D eigenvalue weighted by Crippen LogP contribution is 2.48. The van der Waals surface area contributed by atoms with Crippen LogP contribution in [-0.4, -0.2) is 50.0 Å². The van der Waals surface area contributed by atoms with Crippen molar-refractivity contribution in [1.82, 2.24) is 4.72 Å². The summed E-state index contributed by atoms with van der Waals surface area (Å²) < 4.78 is 34.9. The van der Waals surface area contributed by atoms with Crippen LogP contribution in [0.3, 0.4) is 0 Å². The number of nitrogens with one attached hydrogen (secondary N) is 1. The maximum Gasteiger partial charge on any atom is 0.264 e. The first-order chi connectivity index (χ1) is 19.5. The highest BCUT2D eigenvalue weighted by atomic mass is 35.5. The second-order valence-electron chi connectivity index (χ2n) is 13.1. The lowest BCUT2D eigenvalue weighted by atomic mass is 9.63. The van der Waals surface area contributed by atoms with Crippen molar-refractivity contribution in [1.29, 1.82) is 0 Å². The molecule has 0 aromatic heterocycles. The fourth-order valence-electron chi connectivity index (χ4n) is 7.69. The first kappa shape index (κ1) is 28.8. The van der Waals surface area contributed by atoms with Gasteiger partial charge in [-0.1, -0.05) is 30.5 Å². The van der Waals surface area contributed by atoms with Crippen molar-refractivity contribution >= 4 is 33.2 Å². The number of halogens is 1. The second-order valence-corrected chi connectivity index (χ2v) is 15.7. The summed E-state index contributed by atoms with van der Waals surface area (Å²) in [6.45, 7) is 5.55. The third-order valence-electron chi connectivity index (χ3n) is 10.3. The van der Waals surface area contributed by atoms with Crippen molar-refractivity contribution in [2.24, 2.45) is 11.8 Å². The summed E-state index contributed by atoms with van der Waals surface area (Å²) in [4.78, 5) is 15.6. The van der Waals surface area contributed by atoms with Gasteiger partial charge in [0.05, 0.1) is 23.1 Å². The number of benzene rings is 2. The zero-order valence-corrected chi connectivity index (χ0v) is 25.6. The molecule has 1 fully saturated rings. The number of fused-ring (bicyclic) bond motifs is 4. The first-order valence-corrected chi connectivity index (χ1v) is 17.0. The topological polar surface area (TPSA) is 95.9 Å². The Kier molecular flexibility index (Phi) is 7.56. The molecule has 7 nitrogen and oxygen atoms in total. The number of rotatable bonds is 0. The number of hydrogen-bond donors (Lipinski definition) is 2. The van der Waals surface area contributed by atoms with E-state index >= 15 is 0 Å². The van der Waals surface area contributed by atoms with Gasteiger partial charge in [-0.25, -0.2) is 13.1 Å². The zero-order valence-electron chi connectivity index (χ0n) is 24.0. The standard InChI is InChI=1S/C32H41ClN2O5S/c1-21-6-3-4-14-31(2,37)26-11-8-24(26)18-35-19-32(15-5-7-22-16-25(33)10-12-27(22)32)20-40-29-13-9-23(17-28(29)35)30(36)34-41(21,38)39/h9-10,12-13,16-17,21,24,26,37H,3-8,11,14-15,18-20H2,1-2H3,(H,34,36)/t21-,24-,26+,31-,32-/m0/s1. The van der Waals surface area contributed by atoms with E-state index in [1.54, 1.807) is 25.1 Å². The first-order valence-electron chi connectivity index (χ1n) is 15.1. The van der Waals surface area contributed by atoms with Gasteiger partial charge in [0.15, 0.2) is 0 Å². The van der Waals surface area contributed by atoms with Crippen molar-refractivity contribution < 1.29 is 23.1 Å². The molecule has 2 heterocycles. The van der Waals surface area contributed by atoms with E-state index in [0.717, 1.165) is 55.8 Å². The number of carbonyl (C=O) groups is 1. The molecule has 41 heavy (non-hydrogen) atoms. The van der Waals surface area contributed by atoms with Gasteiger partial charge in [0.25, 0.3) is 5.91 Å². The molecule has 2 aromatic carbocycles. The van der Waals surface area contributed by atoms with Gasteiger partial charge in [-0.2, -0.15) is 0 Å². The Morgan fingerprint density at radius 1 is 1.07 bits per heavy atom. The van der Waals surface area contributed by atoms with Crippen LogP contribution in [0.25, 0.3) is 0 Å². The molecule has 2 aromatic rings. The van der Waals surface area contributed by atoms with Crippen molar-refractivity contribution in [2.75, 3.05) is 24.6 Å². The lowest BCUT2D eigenvalue weighted by Gasteiger charge is -2.49. The van der Waals surface area contributed by atoms with E-state index in [1.165, 1.54) is 11.1 Å². The Hall–Kier alpha value is -2.29. The number of amides is 1. The molecule has 2 aliphatic heterocycles. The van der Waals surface area contributed by atoms with Gasteiger partial charge in [0.2, 0.25) is 10.0 Å². The van der Waals surface area contributed by atoms with E-state index in [2.05, 4.69) is 21.8 Å². The van der Waals surface area contributed by atoms with Crippen LogP contribution >= 0.6 is 11.6 Å². The summed E-state index contributed by atoms with van der Waals surface area (Å²) in [7, 11) is -3.84. The number of ether oxygens (including phenoxy) is 1. The molecule has 2 N–H and O–H groups in total. The average molecular weight is 601 g/mol. The smallest absolute Gasteiger partial charge is 0.264 e. The quantitative estimate of drug-likeness (QED) is 0.408. The Bertz CT molecular complexity index is 1440. The van der Waals surface area contributed by atoms with Crippen LogP contribution in [-0.2, 0) is 21.9 Å². The normalized spacial score (nSPS) is 33.4. The van der Waals surface area contributed by atoms with Crippen LogP contribution in [0.15, 0.2) is 36.4 Å². The predicted molar refractivity (Wildman–Crippen MR) is 161 cm³/mol. The number of hydrogen-bond acceptors (Lipinski definition) is 6. The fraction of sp³-hybridized carbons (Fsp3) is 0.594. The van der Waals surface area contributed by atoms with E-state index in [0.29, 0.717) is 49.6 Å². The van der Waals surface area contributed by atoms with Crippen LogP contribution in [0, 0.1) is 11.8 Å². The summed E-state index contributed by atoms with van der Waals surface area (Å²) in [5.41, 5.74) is 2.57. The van der Waals surface area contributed by atoms with Crippen LogP contribution in [0.5, 0.6) is 5.75 Å². The summed E-state index contributed by atoms with van der Waals surface area (Å²) in [6, 6.07) is 11.4. The van der Waals surface area contributed by atoms with E-state index in [1.807, 2.05) is 13.0 Å². The summed E-state index contributed by atoms with van der Waals surface area (Å²) in [5.74, 6) is 0.558. The predicted octanol–water partition coefficient (Wildman–Crippen LogP) is 5.61. The molecule has 0 saturated heterocycles. The number of aliphatic hydroxyl groups is 1. The van der Waals surface area contributed by atoms with Gasteiger partial charge in [-0.15, -0.1) is 0 Å². The average Bonchev–Trinajstić information content (AvgIpc) is 3.05. The lowest BCUT2D eigenvalue weighted by molar-refractivity contribution is -0.0742. The van der Waals surface area contributed by atoms with Crippen molar-refractivity contribution in [3.63, 3.8) is 0 Å². The van der Waals surface area contributed by atoms with Gasteiger partial charge in [-0.3, -0.25) is 4.79 Å². The largest absolute Gasteiger partial charge is 0.490 e. The molecule has 6 rings (SSSR count). The van der Waals surface area contributed by atoms with Crippen molar-refractivity contribution in [3.05, 3.63) is 58.1 Å². The SMILES string of the molecule is C[C@H]1CCCC[C@](C)(O)[C@@H]2CC[C@H]2CN2C[C@@]3(CCCc4cc(Cl)ccc43)COc3ccc(cc32)C(=O)NS1(=O)=O. The lowest BCUT2D eigenvalue weighted by Crippen LogP contribution is -2.52. The molecule has 5 atom stereocenters. The third kappa shape index (κ3) is 5.48. The molecule has 1 saturated carbocycles. The van der Waals surface area contributed by atoms with E-state index in [4.69, 9.17) is 16.3 Å². The highest BCUT2D eigenvalue weighted by Gasteiger charge is 2.47. The third-order valence-corrected chi connectivity index (χ3v) is 12.3. The number of aryl methyl sites for hydroxylation is 1. The van der Waals surface area contributed by atoms with Gasteiger partial charge in [0, 0.05) is 29.1 Å². The van der Waals surface area contributed by atoms with Gasteiger partial charge in [0.1, 0.15) is 5.75 Å². The minimum Gasteiger partial charge on any atom is -0.490 e. The maximum atomic E-state index is 13.3. The Morgan fingerprint density at radius 3 is 2.68 bits per heavy atom. The van der Waals surface area contributed by atoms with E-state index < -0.39 is 26.8 Å². The molecular weight excluding hydrogens is 560 g/mol. The number of anilines is 1. The van der Waals surface area contributed by atoms with Crippen LogP contribution in [0.2, 0.25) is 5.02 Å². The molecule has 1 spiro atoms. The molecule has 9 heteroatoms. The molecular formula is C32H41ClN2O5S.